The van der Waals surface area contributed by atoms with Gasteiger partial charge < -0.3 is 66.9 Å². The molecule has 25 nitrogen and oxygen atoms in total. The molecule has 89 heavy (non-hydrogen) atoms. The van der Waals surface area contributed by atoms with E-state index in [1.165, 1.54) is 21.9 Å². The second-order valence-corrected chi connectivity index (χ2v) is 22.5. The van der Waals surface area contributed by atoms with Gasteiger partial charge in [0.05, 0.1) is 13.1 Å². The number of benzene rings is 5. The Labute approximate surface area is 513 Å². The van der Waals surface area contributed by atoms with Crippen LogP contribution in [0.2, 0.25) is 0 Å². The number of hydrogen-bond donors (Lipinski definition) is 12. The van der Waals surface area contributed by atoms with Gasteiger partial charge in [0, 0.05) is 82.0 Å². The van der Waals surface area contributed by atoms with E-state index in [-0.39, 0.29) is 133 Å². The van der Waals surface area contributed by atoms with Crippen LogP contribution in [-0.4, -0.2) is 168 Å². The van der Waals surface area contributed by atoms with Crippen molar-refractivity contribution in [2.75, 3.05) is 39.3 Å². The number of ether oxygens (including phenoxy) is 1. The minimum atomic E-state index is -1.69. The second kappa shape index (κ2) is 34.3. The Hall–Kier alpha value is -9.36. The molecule has 0 bridgehead atoms. The van der Waals surface area contributed by atoms with E-state index in [0.717, 1.165) is 27.1 Å². The summed E-state index contributed by atoms with van der Waals surface area (Å²) in [6, 6.07) is 24.5. The molecule has 25 heteroatoms. The van der Waals surface area contributed by atoms with Gasteiger partial charge >= 0.3 is 41.9 Å². The Morgan fingerprint density at radius 3 is 1.63 bits per heavy atom. The highest BCUT2D eigenvalue weighted by atomic mass is 16.6. The van der Waals surface area contributed by atoms with E-state index < -0.39 is 85.0 Å². The lowest BCUT2D eigenvalue weighted by Gasteiger charge is -2.29. The molecule has 0 aliphatic heterocycles. The van der Waals surface area contributed by atoms with E-state index in [1.54, 1.807) is 24.3 Å². The topological polar surface area (TPSA) is 396 Å². The fourth-order valence-electron chi connectivity index (χ4n) is 11.0. The molecule has 0 spiro atoms. The highest BCUT2D eigenvalue weighted by Gasteiger charge is 2.32. The fourth-order valence-corrected chi connectivity index (χ4v) is 11.0. The predicted molar refractivity (Wildman–Crippen MR) is 323 cm³/mol. The number of nitrogens with zero attached hydrogens (tertiary/aromatic N) is 2. The van der Waals surface area contributed by atoms with Gasteiger partial charge in [-0.2, -0.15) is 0 Å². The highest BCUT2D eigenvalue weighted by molar-refractivity contribution is 6.03. The van der Waals surface area contributed by atoms with Gasteiger partial charge in [-0.1, -0.05) is 72.8 Å². The van der Waals surface area contributed by atoms with E-state index in [1.807, 2.05) is 48.5 Å². The van der Waals surface area contributed by atoms with Gasteiger partial charge in [0.25, 0.3) is 0 Å². The summed E-state index contributed by atoms with van der Waals surface area (Å²) in [6.07, 6.45) is -0.590. The summed E-state index contributed by atoms with van der Waals surface area (Å²) < 4.78 is 4.89. The van der Waals surface area contributed by atoms with Crippen molar-refractivity contribution >= 4 is 81.2 Å². The summed E-state index contributed by atoms with van der Waals surface area (Å²) in [4.78, 5) is 127. The maximum absolute atomic E-state index is 14.2. The number of aromatic hydroxyl groups is 2. The van der Waals surface area contributed by atoms with Gasteiger partial charge in [-0.15, -0.1) is 0 Å². The molecule has 5 aromatic carbocycles. The number of amides is 4. The first kappa shape index (κ1) is 68.7. The van der Waals surface area contributed by atoms with E-state index in [0.29, 0.717) is 54.5 Å². The second-order valence-electron chi connectivity index (χ2n) is 22.5. The molecule has 1 aliphatic carbocycles. The quantitative estimate of drug-likeness (QED) is 0.0169. The predicted octanol–water partition coefficient (Wildman–Crippen LogP) is 5.65. The Morgan fingerprint density at radius 1 is 0.551 bits per heavy atom. The molecule has 12 N–H and O–H groups in total. The number of carbonyl (C=O) groups is 10. The summed E-state index contributed by atoms with van der Waals surface area (Å²) in [5, 5.41) is 92.8. The first-order valence-corrected chi connectivity index (χ1v) is 29.6. The Balaban J connectivity index is 1.00. The van der Waals surface area contributed by atoms with Crippen LogP contribution in [0.25, 0.3) is 21.5 Å². The number of alkyl carbamates (subject to hydrolysis) is 1. The zero-order valence-corrected chi connectivity index (χ0v) is 49.3. The smallest absolute Gasteiger partial charge is 0.408 e. The zero-order valence-electron chi connectivity index (χ0n) is 49.3. The molecule has 0 radical (unpaired) electrons. The van der Waals surface area contributed by atoms with Crippen molar-refractivity contribution in [3.63, 3.8) is 0 Å². The molecule has 1 fully saturated rings. The van der Waals surface area contributed by atoms with Crippen molar-refractivity contribution in [1.29, 1.82) is 0 Å². The third-order valence-electron chi connectivity index (χ3n) is 15.7. The van der Waals surface area contributed by atoms with Crippen LogP contribution in [0.3, 0.4) is 0 Å². The summed E-state index contributed by atoms with van der Waals surface area (Å²) >= 11 is 0. The minimum Gasteiger partial charge on any atom is -0.508 e. The van der Waals surface area contributed by atoms with Crippen LogP contribution in [0.1, 0.15) is 105 Å². The first-order chi connectivity index (χ1) is 42.5. The summed E-state index contributed by atoms with van der Waals surface area (Å²) in [7, 11) is 0. The standard InChI is InChI=1S/C64H78N6O19/c71-52-23-17-39(30-45(52)35-69(37-58(78)79)28-29-70(38-59(80)81)36-46-31-40(18-24-53(46)72)20-26-57(76)77)19-25-55(73)66-34-41-15-21-42(22-16-41)60(82)67-51(33-49-47-10-3-1-8-43(47)32-44-9-2-4-11-48(44)49)61(83)65-27-6-5-12-50(62(84)85)68-64(88)89-54(63(86)87)13-7-14-56(74)75/h1-4,8-11,17-18,23-24,30-32,41-42,50-51,54,71-72H,5-7,12-16,19-22,25-29,33-38H2,(H,65,83)(H,66,73)(H,67,82)(H,68,88)(H,74,75)(H,76,77)(H,78,79)(H,80,81)(H,84,85)(H,86,87)/t41?,42?,50-,51-,54-/m0/s1. The number of rotatable bonds is 37. The lowest BCUT2D eigenvalue weighted by Crippen LogP contribution is -2.50. The molecule has 0 heterocycles. The molecule has 5 aromatic rings. The van der Waals surface area contributed by atoms with Crippen molar-refractivity contribution < 1.29 is 93.5 Å². The highest BCUT2D eigenvalue weighted by Crippen LogP contribution is 2.32. The van der Waals surface area contributed by atoms with Gasteiger partial charge in [0.2, 0.25) is 23.8 Å². The summed E-state index contributed by atoms with van der Waals surface area (Å²) in [5.74, 6) is -9.00. The van der Waals surface area contributed by atoms with Crippen LogP contribution >= 0.6 is 0 Å². The van der Waals surface area contributed by atoms with E-state index in [4.69, 9.17) is 14.9 Å². The van der Waals surface area contributed by atoms with Gasteiger partial charge in [-0.05, 0) is 133 Å². The zero-order chi connectivity index (χ0) is 64.6. The molecule has 0 saturated heterocycles. The largest absolute Gasteiger partial charge is 0.508 e. The van der Waals surface area contributed by atoms with Crippen LogP contribution in [0.5, 0.6) is 11.5 Å². The number of carbonyl (C=O) groups excluding carboxylic acids is 4. The number of nitrogens with one attached hydrogen (secondary N) is 4. The Morgan fingerprint density at radius 2 is 1.10 bits per heavy atom. The number of carboxylic acid groups (broad SMARTS) is 6. The Kier molecular flexibility index (Phi) is 26.5. The van der Waals surface area contributed by atoms with Gasteiger partial charge in [0.15, 0.2) is 0 Å². The lowest BCUT2D eigenvalue weighted by molar-refractivity contribution is -0.148. The van der Waals surface area contributed by atoms with Crippen molar-refractivity contribution in [3.8, 4) is 11.5 Å². The van der Waals surface area contributed by atoms with Gasteiger partial charge in [0.1, 0.15) is 23.6 Å². The van der Waals surface area contributed by atoms with Crippen LogP contribution in [-0.2, 0) is 80.2 Å². The first-order valence-electron chi connectivity index (χ1n) is 29.6. The van der Waals surface area contributed by atoms with Crippen molar-refractivity contribution in [3.05, 3.63) is 119 Å². The molecule has 0 unspecified atom stereocenters. The SMILES string of the molecule is O=C(O)CCC[C@H](OC(=O)N[C@@H](CCCCNC(=O)[C@H](Cc1c2ccccc2cc2ccccc12)NC(=O)C1CCC(CNC(=O)CCc2ccc(O)c(CN(CCN(CC(=O)O)Cc3cc(CCC(=O)O)ccc3O)CC(=O)O)c2)CC1)C(=O)O)C(=O)O. The number of unbranched alkanes of at least 4 members (excludes halogenated alkanes) is 1. The molecule has 4 amide bonds. The molecule has 3 atom stereocenters. The van der Waals surface area contributed by atoms with Crippen molar-refractivity contribution in [2.24, 2.45) is 11.8 Å². The average Bonchev–Trinajstić information content (AvgIpc) is 1.16. The third kappa shape index (κ3) is 22.7. The van der Waals surface area contributed by atoms with E-state index in [9.17, 15) is 78.6 Å². The lowest BCUT2D eigenvalue weighted by atomic mass is 9.81. The van der Waals surface area contributed by atoms with Gasteiger partial charge in [-0.3, -0.25) is 43.4 Å². The monoisotopic (exact) mass is 1230 g/mol. The normalized spacial score (nSPS) is 14.9. The molecule has 0 aromatic heterocycles. The van der Waals surface area contributed by atoms with Crippen LogP contribution in [0.15, 0.2) is 91.0 Å². The third-order valence-corrected chi connectivity index (χ3v) is 15.7. The minimum absolute atomic E-state index is 0.0278. The van der Waals surface area contributed by atoms with Crippen LogP contribution in [0.4, 0.5) is 4.79 Å². The number of aryl methyl sites for hydroxylation is 2. The van der Waals surface area contributed by atoms with Crippen LogP contribution in [0, 0.1) is 11.8 Å². The molecular formula is C64H78N6O19. The number of carboxylic acids is 6. The number of phenols is 2. The van der Waals surface area contributed by atoms with Crippen molar-refractivity contribution in [1.82, 2.24) is 31.1 Å². The molecule has 1 aliphatic rings. The average molecular weight is 1240 g/mol. The van der Waals surface area contributed by atoms with E-state index in [2.05, 4.69) is 27.3 Å². The molecule has 1 saturated carbocycles. The van der Waals surface area contributed by atoms with Crippen molar-refractivity contribution in [2.45, 2.75) is 128 Å². The fraction of sp³-hybridized carbons (Fsp3) is 0.438. The summed E-state index contributed by atoms with van der Waals surface area (Å²) in [6.45, 7) is -0.409. The number of aliphatic carboxylic acids is 6. The number of fused-ring (bicyclic) bond motifs is 2. The molecule has 6 rings (SSSR count). The van der Waals surface area contributed by atoms with Gasteiger partial charge in [-0.25, -0.2) is 14.4 Å². The maximum atomic E-state index is 14.2. The molecular weight excluding hydrogens is 1160 g/mol. The summed E-state index contributed by atoms with van der Waals surface area (Å²) in [5.41, 5.74) is 2.94. The molecule has 478 valence electrons. The Bertz CT molecular complexity index is 3280. The maximum Gasteiger partial charge on any atom is 0.408 e. The number of phenolic OH excluding ortho intramolecular Hbond substituents is 2. The number of hydrogen-bond acceptors (Lipinski definition) is 15. The van der Waals surface area contributed by atoms with Crippen LogP contribution < -0.4 is 21.3 Å². The van der Waals surface area contributed by atoms with E-state index >= 15 is 0 Å².